The SMILES string of the molecule is Fc1bnc(F)c(F)n1. The van der Waals surface area contributed by atoms with Gasteiger partial charge >= 0.3 is 47.8 Å². The molecular weight excluding hydrogens is 132 g/mol. The summed E-state index contributed by atoms with van der Waals surface area (Å²) >= 11 is 0. The van der Waals surface area contributed by atoms with Crippen LogP contribution in [0.15, 0.2) is 0 Å². The van der Waals surface area contributed by atoms with Gasteiger partial charge in [0.25, 0.3) is 0 Å². The molecule has 0 N–H and O–H groups in total. The predicted molar refractivity (Wildman–Crippen MR) is 23.3 cm³/mol. The van der Waals surface area contributed by atoms with Crippen LogP contribution in [0.4, 0.5) is 13.2 Å². The van der Waals surface area contributed by atoms with Gasteiger partial charge in [-0.3, -0.25) is 0 Å². The molecule has 0 saturated carbocycles. The van der Waals surface area contributed by atoms with Crippen LogP contribution in [0, 0.1) is 17.7 Å². The van der Waals surface area contributed by atoms with Crippen LogP contribution in [0.25, 0.3) is 0 Å². The third kappa shape index (κ3) is 1.25. The van der Waals surface area contributed by atoms with Gasteiger partial charge in [0.1, 0.15) is 0 Å². The van der Waals surface area contributed by atoms with E-state index in [1.54, 1.807) is 0 Å². The molecule has 0 saturated heterocycles. The fourth-order valence-electron chi connectivity index (χ4n) is 0.332. The van der Waals surface area contributed by atoms with Crippen molar-refractivity contribution in [3.8, 4) is 0 Å². The molecule has 1 aromatic heterocycles. The van der Waals surface area contributed by atoms with Gasteiger partial charge in [0.05, 0.1) is 0 Å². The molecule has 0 aliphatic rings. The molecule has 0 aromatic carbocycles. The Hall–Kier alpha value is -0.935. The molecule has 0 amide bonds. The van der Waals surface area contributed by atoms with Crippen molar-refractivity contribution in [3.63, 3.8) is 0 Å². The van der Waals surface area contributed by atoms with E-state index in [1.165, 1.54) is 0 Å². The fourth-order valence-corrected chi connectivity index (χ4v) is 0.332. The summed E-state index contributed by atoms with van der Waals surface area (Å²) < 4.78 is 35.3. The van der Waals surface area contributed by atoms with E-state index in [4.69, 9.17) is 0 Å². The molecular formula is C3BF3N2. The number of halogens is 3. The molecule has 0 aliphatic carbocycles. The van der Waals surface area contributed by atoms with Crippen LogP contribution in [0.1, 0.15) is 0 Å². The average molecular weight is 132 g/mol. The first-order valence-electron chi connectivity index (χ1n) is 2.03. The summed E-state index contributed by atoms with van der Waals surface area (Å²) in [4.78, 5) is 5.20. The molecule has 46 valence electrons. The minimum absolute atomic E-state index is 0.498. The molecule has 0 fully saturated rings. The van der Waals surface area contributed by atoms with Crippen molar-refractivity contribution in [1.29, 1.82) is 0 Å². The van der Waals surface area contributed by atoms with Gasteiger partial charge in [-0.15, -0.1) is 0 Å². The molecule has 0 atom stereocenters. The Bertz CT molecular complexity index is 228. The Labute approximate surface area is 49.0 Å². The standard InChI is InChI=1S/C3BF3N2/c5-1-2(6)9-4-3(7)8-1. The number of hydrogen-bond donors (Lipinski definition) is 0. The molecule has 1 aromatic rings. The zero-order valence-electron chi connectivity index (χ0n) is 4.11. The van der Waals surface area contributed by atoms with Crippen molar-refractivity contribution in [2.24, 2.45) is 0 Å². The molecule has 0 radical (unpaired) electrons. The molecule has 6 heteroatoms. The van der Waals surface area contributed by atoms with Gasteiger partial charge in [-0.25, -0.2) is 0 Å². The Balaban J connectivity index is 3.17. The Morgan fingerprint density at radius 3 is 2.22 bits per heavy atom. The van der Waals surface area contributed by atoms with Gasteiger partial charge < -0.3 is 0 Å². The maximum atomic E-state index is 11.8. The molecule has 1 heterocycles. The summed E-state index contributed by atoms with van der Waals surface area (Å²) in [6.07, 6.45) is 0. The minimum atomic E-state index is -1.52. The van der Waals surface area contributed by atoms with Crippen LogP contribution in [0.5, 0.6) is 0 Å². The topological polar surface area (TPSA) is 25.8 Å². The number of aromatic nitrogens is 2. The monoisotopic (exact) mass is 132 g/mol. The summed E-state index contributed by atoms with van der Waals surface area (Å²) in [5, 5.41) is 0. The van der Waals surface area contributed by atoms with E-state index < -0.39 is 17.7 Å². The molecule has 0 unspecified atom stereocenters. The van der Waals surface area contributed by atoms with Gasteiger partial charge in [0.2, 0.25) is 0 Å². The molecule has 0 aliphatic heterocycles. The Morgan fingerprint density at radius 2 is 1.78 bits per heavy atom. The van der Waals surface area contributed by atoms with Crippen LogP contribution in [0.3, 0.4) is 0 Å². The van der Waals surface area contributed by atoms with E-state index in [9.17, 15) is 13.2 Å². The molecule has 1 rings (SSSR count). The molecule has 2 nitrogen and oxygen atoms in total. The molecule has 0 bridgehead atoms. The van der Waals surface area contributed by atoms with Gasteiger partial charge in [-0.05, 0) is 0 Å². The number of nitrogens with zero attached hydrogens (tertiary/aromatic N) is 2. The van der Waals surface area contributed by atoms with Crippen molar-refractivity contribution in [2.45, 2.75) is 0 Å². The van der Waals surface area contributed by atoms with Gasteiger partial charge in [-0.1, -0.05) is 0 Å². The Kier molecular flexibility index (Phi) is 1.46. The van der Waals surface area contributed by atoms with Gasteiger partial charge in [0, 0.05) is 0 Å². The summed E-state index contributed by atoms with van der Waals surface area (Å²) in [7, 11) is 0.498. The predicted octanol–water partition coefficient (Wildman–Crippen LogP) is 0.232. The second-order valence-electron chi connectivity index (χ2n) is 1.27. The van der Waals surface area contributed by atoms with Crippen LogP contribution < -0.4 is 0 Å². The summed E-state index contributed by atoms with van der Waals surface area (Å²) in [6.45, 7) is 0. The third-order valence-corrected chi connectivity index (χ3v) is 0.660. The summed E-state index contributed by atoms with van der Waals surface area (Å²) in [5.74, 6) is -4.04. The van der Waals surface area contributed by atoms with Gasteiger partial charge in [-0.2, -0.15) is 0 Å². The van der Waals surface area contributed by atoms with Crippen LogP contribution >= 0.6 is 0 Å². The molecule has 0 spiro atoms. The van der Waals surface area contributed by atoms with Gasteiger partial charge in [0.15, 0.2) is 0 Å². The van der Waals surface area contributed by atoms with Crippen LogP contribution in [0.2, 0.25) is 0 Å². The first-order valence-corrected chi connectivity index (χ1v) is 2.03. The van der Waals surface area contributed by atoms with Crippen molar-refractivity contribution in [2.75, 3.05) is 0 Å². The van der Waals surface area contributed by atoms with Crippen molar-refractivity contribution < 1.29 is 13.2 Å². The average Bonchev–Trinajstić information content (AvgIpc) is 1.80. The second kappa shape index (κ2) is 2.12. The first kappa shape index (κ1) is 6.19. The van der Waals surface area contributed by atoms with E-state index in [0.29, 0.717) is 7.05 Å². The summed E-state index contributed by atoms with van der Waals surface area (Å²) in [6, 6.07) is 0. The normalized spacial score (nSPS) is 9.22. The Morgan fingerprint density at radius 1 is 1.11 bits per heavy atom. The van der Waals surface area contributed by atoms with E-state index in [2.05, 4.69) is 9.88 Å². The van der Waals surface area contributed by atoms with E-state index in [0.717, 1.165) is 0 Å². The first-order chi connectivity index (χ1) is 4.20. The number of hydrogen-bond acceptors (Lipinski definition) is 2. The fraction of sp³-hybridized carbons (Fsp3) is 0. The van der Waals surface area contributed by atoms with Crippen LogP contribution in [-0.2, 0) is 0 Å². The maximum absolute atomic E-state index is 11.8. The number of rotatable bonds is 0. The zero-order chi connectivity index (χ0) is 6.85. The second-order valence-corrected chi connectivity index (χ2v) is 1.27. The van der Waals surface area contributed by atoms with Crippen molar-refractivity contribution in [3.05, 3.63) is 17.7 Å². The van der Waals surface area contributed by atoms with Crippen molar-refractivity contribution in [1.82, 2.24) is 9.88 Å². The van der Waals surface area contributed by atoms with E-state index in [-0.39, 0.29) is 0 Å². The zero-order valence-corrected chi connectivity index (χ0v) is 4.11. The molecule has 9 heavy (non-hydrogen) atoms. The third-order valence-electron chi connectivity index (χ3n) is 0.660. The quantitative estimate of drug-likeness (QED) is 0.504. The van der Waals surface area contributed by atoms with E-state index in [1.807, 2.05) is 0 Å². The summed E-state index contributed by atoms with van der Waals surface area (Å²) in [5.41, 5.74) is 0. The van der Waals surface area contributed by atoms with Crippen molar-refractivity contribution >= 4 is 7.05 Å². The van der Waals surface area contributed by atoms with E-state index >= 15 is 0 Å². The van der Waals surface area contributed by atoms with Crippen LogP contribution in [-0.4, -0.2) is 16.9 Å².